The van der Waals surface area contributed by atoms with Crippen LogP contribution in [0.25, 0.3) is 0 Å². The zero-order valence-electron chi connectivity index (χ0n) is 76.6. The SMILES string of the molecule is CC[C@H](C)[C@@H](NC(=O)[C@@H](NC(=O)OC(C)(C)C)[C@@H](C)OC(=O)[C@H](Cc1ccc(OC)cc1)NC)[C@@H](O)CC(=O)N[C@H](C(=O)N[C@@H](CC(C)C)C(=O)N1CCC[C@H]1C(=O)O)C(C)C.CC[C@H](C)[C@H]1NC(=O)[C@@H](NC(=O)OC(C)(C)C)[C@@H](C)OC(=O)[C@H](Cc2ccc(OC)cc2)N(C)C(=O)[C@@H]2CCCN2C(=O)[C@H](CC(C)C)NC(=O)[C@H](C(C)C)NC(=O)C[C@@H]1O. The molecule has 3 saturated heterocycles. The number of cyclic esters (lactones) is 1. The fourth-order valence-electron chi connectivity index (χ4n) is 14.7. The smallest absolute Gasteiger partial charge is 0.408 e. The van der Waals surface area contributed by atoms with Crippen molar-refractivity contribution in [1.29, 1.82) is 0 Å². The Morgan fingerprint density at radius 1 is 0.667 bits per heavy atom. The number of amides is 11. The van der Waals surface area contributed by atoms with Crippen LogP contribution in [0.5, 0.6) is 11.5 Å². The molecule has 123 heavy (non-hydrogen) atoms. The van der Waals surface area contributed by atoms with Gasteiger partial charge in [-0.2, -0.15) is 0 Å². The van der Waals surface area contributed by atoms with Gasteiger partial charge in [0.2, 0.25) is 53.2 Å². The first-order valence-corrected chi connectivity index (χ1v) is 43.0. The average Bonchev–Trinajstić information content (AvgIpc) is 1.73. The number of carboxylic acids is 1. The average molecular weight is 1740 g/mol. The molecule has 12 N–H and O–H groups in total. The van der Waals surface area contributed by atoms with Gasteiger partial charge in [0.25, 0.3) is 0 Å². The number of nitrogens with zero attached hydrogens (tertiary/aromatic N) is 3. The molecule has 2 aromatic carbocycles. The maximum atomic E-state index is 14.5. The number of alkyl carbamates (subject to hydrolysis) is 2. The number of likely N-dealkylation sites (tertiary alicyclic amines) is 1. The van der Waals surface area contributed by atoms with Gasteiger partial charge in [-0.1, -0.05) is 120 Å². The van der Waals surface area contributed by atoms with E-state index >= 15 is 0 Å². The summed E-state index contributed by atoms with van der Waals surface area (Å²) >= 11 is 0. The van der Waals surface area contributed by atoms with Crippen molar-refractivity contribution in [3.8, 4) is 11.5 Å². The van der Waals surface area contributed by atoms with Gasteiger partial charge in [0.05, 0.1) is 51.4 Å². The number of aliphatic carboxylic acids is 1. The number of carbonyl (C=O) groups excluding carboxylic acids is 13. The summed E-state index contributed by atoms with van der Waals surface area (Å²) in [4.78, 5) is 195. The lowest BCUT2D eigenvalue weighted by Crippen LogP contribution is -2.60. The van der Waals surface area contributed by atoms with Crippen molar-refractivity contribution in [2.45, 2.75) is 324 Å². The van der Waals surface area contributed by atoms with Gasteiger partial charge < -0.3 is 106 Å². The number of carbonyl (C=O) groups is 14. The van der Waals surface area contributed by atoms with Crippen LogP contribution >= 0.6 is 0 Å². The number of aliphatic hydroxyl groups is 2. The minimum atomic E-state index is -1.57. The summed E-state index contributed by atoms with van der Waals surface area (Å²) < 4.78 is 33.1. The summed E-state index contributed by atoms with van der Waals surface area (Å²) in [5.41, 5.74) is -0.439. The molecule has 2 aromatic rings. The second-order valence-electron chi connectivity index (χ2n) is 36.0. The molecule has 0 spiro atoms. The Morgan fingerprint density at radius 3 is 1.76 bits per heavy atom. The number of carboxylic acid groups (broad SMARTS) is 1. The Hall–Kier alpha value is -9.90. The second kappa shape index (κ2) is 49.0. The molecule has 0 aromatic heterocycles. The van der Waals surface area contributed by atoms with Crippen molar-refractivity contribution in [3.63, 3.8) is 0 Å². The van der Waals surface area contributed by atoms with Crippen LogP contribution < -0.4 is 57.3 Å². The molecule has 0 radical (unpaired) electrons. The van der Waals surface area contributed by atoms with Crippen LogP contribution in [-0.2, 0) is 89.3 Å². The van der Waals surface area contributed by atoms with E-state index in [1.165, 1.54) is 42.7 Å². The van der Waals surface area contributed by atoms with Gasteiger partial charge in [0.1, 0.15) is 95.3 Å². The number of aliphatic hydroxyl groups excluding tert-OH is 2. The van der Waals surface area contributed by atoms with Gasteiger partial charge in [0, 0.05) is 26.6 Å². The van der Waals surface area contributed by atoms with Gasteiger partial charge in [-0.05, 0) is 178 Å². The summed E-state index contributed by atoms with van der Waals surface area (Å²) in [6.45, 7) is 34.8. The number of esters is 2. The Labute approximate surface area is 725 Å². The van der Waals surface area contributed by atoms with Gasteiger partial charge >= 0.3 is 30.1 Å². The second-order valence-corrected chi connectivity index (χ2v) is 36.0. The quantitative estimate of drug-likeness (QED) is 0.0316. The molecule has 692 valence electrons. The summed E-state index contributed by atoms with van der Waals surface area (Å²) in [5, 5.41) is 57.2. The number of hydrogen-bond acceptors (Lipinski definition) is 23. The maximum absolute atomic E-state index is 14.5. The Balaban J connectivity index is 0.000000516. The highest BCUT2D eigenvalue weighted by atomic mass is 16.6. The third kappa shape index (κ3) is 33.3. The first kappa shape index (κ1) is 105. The first-order valence-electron chi connectivity index (χ1n) is 43.0. The molecule has 3 heterocycles. The van der Waals surface area contributed by atoms with E-state index < -0.39 is 228 Å². The van der Waals surface area contributed by atoms with Gasteiger partial charge in [0.15, 0.2) is 0 Å². The van der Waals surface area contributed by atoms with Crippen LogP contribution in [0.2, 0.25) is 0 Å². The van der Waals surface area contributed by atoms with Crippen molar-refractivity contribution >= 4 is 83.3 Å². The van der Waals surface area contributed by atoms with Crippen LogP contribution in [0.3, 0.4) is 0 Å². The predicted molar refractivity (Wildman–Crippen MR) is 458 cm³/mol. The minimum absolute atomic E-state index is 0.0270. The number of methoxy groups -OCH3 is 2. The summed E-state index contributed by atoms with van der Waals surface area (Å²) in [6.07, 6.45) is -5.30. The summed E-state index contributed by atoms with van der Waals surface area (Å²) in [5.74, 6) is -9.09. The van der Waals surface area contributed by atoms with Crippen LogP contribution in [-0.4, -0.2) is 263 Å². The van der Waals surface area contributed by atoms with Crippen LogP contribution in [0.15, 0.2) is 48.5 Å². The molecule has 0 saturated carbocycles. The van der Waals surface area contributed by atoms with E-state index in [1.54, 1.807) is 146 Å². The number of fused-ring (bicyclic) bond motifs is 1. The lowest BCUT2D eigenvalue weighted by atomic mass is 9.91. The fraction of sp³-hybridized carbons (Fsp3) is 0.705. The Kier molecular flexibility index (Phi) is 42.0. The summed E-state index contributed by atoms with van der Waals surface area (Å²) in [6, 6.07) is 0.507. The fourth-order valence-corrected chi connectivity index (χ4v) is 14.7. The lowest BCUT2D eigenvalue weighted by molar-refractivity contribution is -0.162. The molecule has 0 aliphatic carbocycles. The van der Waals surface area contributed by atoms with Crippen molar-refractivity contribution in [3.05, 3.63) is 59.7 Å². The maximum Gasteiger partial charge on any atom is 0.408 e. The van der Waals surface area contributed by atoms with Crippen molar-refractivity contribution in [1.82, 2.24) is 62.6 Å². The molecule has 35 heteroatoms. The van der Waals surface area contributed by atoms with E-state index in [0.29, 0.717) is 55.6 Å². The van der Waals surface area contributed by atoms with Gasteiger partial charge in [-0.3, -0.25) is 47.9 Å². The van der Waals surface area contributed by atoms with E-state index in [4.69, 9.17) is 28.4 Å². The minimum Gasteiger partial charge on any atom is -0.497 e. The summed E-state index contributed by atoms with van der Waals surface area (Å²) in [7, 11) is 6.10. The molecule has 0 bridgehead atoms. The van der Waals surface area contributed by atoms with Crippen LogP contribution in [0, 0.1) is 35.5 Å². The molecule has 11 amide bonds. The highest BCUT2D eigenvalue weighted by Gasteiger charge is 2.46. The van der Waals surface area contributed by atoms with E-state index in [0.717, 1.165) is 5.56 Å². The zero-order valence-corrected chi connectivity index (χ0v) is 76.6. The van der Waals surface area contributed by atoms with Crippen molar-refractivity contribution in [2.75, 3.05) is 41.4 Å². The number of rotatable bonds is 32. The number of benzene rings is 2. The highest BCUT2D eigenvalue weighted by Crippen LogP contribution is 2.28. The number of ether oxygens (including phenoxy) is 6. The van der Waals surface area contributed by atoms with Crippen molar-refractivity contribution < 1.29 is 111 Å². The van der Waals surface area contributed by atoms with Crippen molar-refractivity contribution in [2.24, 2.45) is 35.5 Å². The topological polar surface area (TPSA) is 473 Å². The van der Waals surface area contributed by atoms with Crippen LogP contribution in [0.4, 0.5) is 9.59 Å². The number of nitrogens with one attached hydrogen (secondary N) is 9. The zero-order chi connectivity index (χ0) is 93.0. The van der Waals surface area contributed by atoms with E-state index in [2.05, 4.69) is 47.9 Å². The third-order valence-electron chi connectivity index (χ3n) is 21.9. The molecule has 35 nitrogen and oxygen atoms in total. The lowest BCUT2D eigenvalue weighted by Gasteiger charge is -2.35. The number of likely N-dealkylation sites (N-methyl/N-ethyl adjacent to an activating group) is 2. The van der Waals surface area contributed by atoms with E-state index in [-0.39, 0.29) is 50.6 Å². The normalized spacial score (nSPS) is 22.6. The standard InChI is InChI=1S/C44H72N6O12.C44H70N6O11/c1-13-26(6)36(33(51)23-34(52)47-35(25(4)5)38(53)46-30(21-24(2)3)40(55)50-20-14-15-32(50)41(56)57)48-39(54)37(49-43(59)62-44(8,9)10)27(7)61-42(58)31(45-11)22-28-16-18-29(60-12)19-17-28;1-13-26(6)36-33(51)23-34(52)46-35(25(4)5)38(53)45-30(21-24(2)3)40(55)50-20-14-15-31(50)41(56)49(11)32(22-28-16-18-29(59-12)19-17-28)42(57)60-27(7)37(39(54)47-36)48-43(58)61-44(8,9)10/h16-19,24-27,30-33,35-37,45,51H,13-15,20-23H2,1-12H3,(H,46,53)(H,47,52)(H,48,54)(H,49,59)(H,56,57);16-19,24-27,30-33,35-37,51H,13-15,20-23H2,1-12H3,(H,45,53)(H,46,52)(H,47,54)(H,48,58)/t2*26-,27+,30-,31-,32-,33-,35-,36+,37-/m00/s1. The molecule has 0 unspecified atom stereocenters. The highest BCUT2D eigenvalue weighted by molar-refractivity contribution is 5.97. The number of hydrogen-bond donors (Lipinski definition) is 12. The molecule has 5 rings (SSSR count). The van der Waals surface area contributed by atoms with Gasteiger partial charge in [-0.15, -0.1) is 0 Å². The Bertz CT molecular complexity index is 3850. The van der Waals surface area contributed by atoms with Crippen LogP contribution in [0.1, 0.15) is 214 Å². The molecular weight excluding hydrogens is 1590 g/mol. The van der Waals surface area contributed by atoms with Gasteiger partial charge in [-0.25, -0.2) is 19.2 Å². The molecule has 3 aliphatic heterocycles. The first-order chi connectivity index (χ1) is 57.4. The monoisotopic (exact) mass is 1740 g/mol. The molecule has 3 fully saturated rings. The Morgan fingerprint density at radius 2 is 1.24 bits per heavy atom. The van der Waals surface area contributed by atoms with E-state index in [1.807, 2.05) is 41.5 Å². The molecule has 18 atom stereocenters. The predicted octanol–water partition coefficient (Wildman–Crippen LogP) is 5.53. The molecular formula is C88H142N12O23. The van der Waals surface area contributed by atoms with E-state index in [9.17, 15) is 82.4 Å². The molecule has 3 aliphatic rings. The largest absolute Gasteiger partial charge is 0.497 e. The third-order valence-corrected chi connectivity index (χ3v) is 21.9.